The van der Waals surface area contributed by atoms with Crippen LogP contribution in [0.15, 0.2) is 119 Å². The molecule has 0 bridgehead atoms. The lowest BCUT2D eigenvalue weighted by Crippen LogP contribution is -2.16. The molecular weight excluding hydrogens is 935 g/mol. The smallest absolute Gasteiger partial charge is 0.408 e. The lowest BCUT2D eigenvalue weighted by Gasteiger charge is -2.27. The van der Waals surface area contributed by atoms with E-state index >= 15 is 0 Å². The largest absolute Gasteiger partial charge is 0.530 e. The van der Waals surface area contributed by atoms with Crippen molar-refractivity contribution in [2.45, 2.75) is 182 Å². The fraction of sp³-hybridized carbons (Fsp3) is 0.419. The highest BCUT2D eigenvalue weighted by molar-refractivity contribution is 7.99. The van der Waals surface area contributed by atoms with Gasteiger partial charge in [0.25, 0.3) is 0 Å². The van der Waals surface area contributed by atoms with Gasteiger partial charge in [-0.25, -0.2) is 0 Å². The molecule has 0 saturated heterocycles. The van der Waals surface area contributed by atoms with Gasteiger partial charge in [-0.05, 0) is 179 Å². The first-order chi connectivity index (χ1) is 33.5. The molecule has 0 heterocycles. The maximum atomic E-state index is 7.18. The monoisotopic (exact) mass is 1010 g/mol. The van der Waals surface area contributed by atoms with Gasteiger partial charge in [-0.1, -0.05) is 169 Å². The van der Waals surface area contributed by atoms with E-state index in [9.17, 15) is 0 Å². The lowest BCUT2D eigenvalue weighted by atomic mass is 9.82. The molecule has 0 unspecified atom stereocenters. The van der Waals surface area contributed by atoms with Crippen LogP contribution in [0, 0.1) is 27.7 Å². The van der Waals surface area contributed by atoms with Gasteiger partial charge in [-0.15, -0.1) is 0 Å². The van der Waals surface area contributed by atoms with Gasteiger partial charge in [0, 0.05) is 0 Å². The predicted octanol–water partition coefficient (Wildman–Crippen LogP) is 20.5. The van der Waals surface area contributed by atoms with Gasteiger partial charge in [0.15, 0.2) is 0 Å². The van der Waals surface area contributed by atoms with E-state index in [-0.39, 0.29) is 34.5 Å². The maximum Gasteiger partial charge on any atom is 0.530 e. The summed E-state index contributed by atoms with van der Waals surface area (Å²) in [6.45, 7) is 39.5. The zero-order valence-electron chi connectivity index (χ0n) is 45.9. The Balaban J connectivity index is 1.53. The highest BCUT2D eigenvalue weighted by Gasteiger charge is 2.31. The van der Waals surface area contributed by atoms with E-state index in [0.717, 1.165) is 90.1 Å². The molecule has 0 spiro atoms. The van der Waals surface area contributed by atoms with Crippen molar-refractivity contribution >= 4 is 29.0 Å². The van der Waals surface area contributed by atoms with Gasteiger partial charge in [0.2, 0.25) is 0 Å². The summed E-state index contributed by atoms with van der Waals surface area (Å²) in [6.07, 6.45) is 1.91. The summed E-state index contributed by atoms with van der Waals surface area (Å²) in [5.74, 6) is 5.20. The first kappa shape index (κ1) is 55.6. The summed E-state index contributed by atoms with van der Waals surface area (Å²) >= 11 is 1.62. The van der Waals surface area contributed by atoms with E-state index < -0.39 is 17.2 Å². The molecule has 0 saturated carbocycles. The summed E-state index contributed by atoms with van der Waals surface area (Å²) < 4.78 is 42.3. The Bertz CT molecular complexity index is 2450. The molecule has 380 valence electrons. The van der Waals surface area contributed by atoms with E-state index in [1.165, 1.54) is 11.1 Å². The zero-order chi connectivity index (χ0) is 51.9. The van der Waals surface area contributed by atoms with Gasteiger partial charge < -0.3 is 27.1 Å². The minimum absolute atomic E-state index is 0.113. The molecule has 0 N–H and O–H groups in total. The molecule has 6 aromatic carbocycles. The Morgan fingerprint density at radius 1 is 0.366 bits per heavy atom. The summed E-state index contributed by atoms with van der Waals surface area (Å²) in [5.41, 5.74) is 10.9. The van der Waals surface area contributed by atoms with Crippen molar-refractivity contribution < 1.29 is 27.1 Å². The molecule has 0 aliphatic heterocycles. The maximum absolute atomic E-state index is 7.18. The fourth-order valence-electron chi connectivity index (χ4n) is 8.08. The molecule has 0 radical (unpaired) electrons. The van der Waals surface area contributed by atoms with E-state index in [0.29, 0.717) is 11.5 Å². The Kier molecular flexibility index (Phi) is 18.7. The predicted molar refractivity (Wildman–Crippen MR) is 302 cm³/mol. The van der Waals surface area contributed by atoms with Crippen molar-refractivity contribution in [1.29, 1.82) is 0 Å². The Morgan fingerprint density at radius 3 is 0.859 bits per heavy atom. The molecule has 9 heteroatoms. The second kappa shape index (κ2) is 23.9. The third-order valence-corrected chi connectivity index (χ3v) is 16.8. The van der Waals surface area contributed by atoms with Crippen LogP contribution in [0.25, 0.3) is 0 Å². The zero-order valence-corrected chi connectivity index (χ0v) is 48.5. The number of aryl methyl sites for hydroxylation is 4. The lowest BCUT2D eigenvalue weighted by molar-refractivity contribution is 0.379. The quantitative estimate of drug-likeness (QED) is 0.0628. The summed E-state index contributed by atoms with van der Waals surface area (Å²) in [7, 11) is -4.08. The minimum Gasteiger partial charge on any atom is -0.408 e. The number of benzene rings is 6. The summed E-state index contributed by atoms with van der Waals surface area (Å²) in [6, 6.07) is 38.6. The van der Waals surface area contributed by atoms with E-state index in [2.05, 4.69) is 234 Å². The number of hydrogen-bond acceptors (Lipinski definition) is 7. The van der Waals surface area contributed by atoms with Crippen LogP contribution in [-0.4, -0.2) is 0 Å². The molecule has 0 aromatic heterocycles. The second-order valence-electron chi connectivity index (χ2n) is 21.7. The highest BCUT2D eigenvalue weighted by atomic mass is 32.2. The van der Waals surface area contributed by atoms with Gasteiger partial charge in [0.1, 0.15) is 34.5 Å². The van der Waals surface area contributed by atoms with Gasteiger partial charge in [0.05, 0.1) is 9.79 Å². The normalized spacial score (nSPS) is 12.2. The van der Waals surface area contributed by atoms with Crippen molar-refractivity contribution in [3.8, 4) is 34.5 Å². The van der Waals surface area contributed by atoms with Crippen LogP contribution in [0.5, 0.6) is 34.5 Å². The van der Waals surface area contributed by atoms with Crippen molar-refractivity contribution in [3.05, 3.63) is 165 Å². The molecule has 6 nitrogen and oxygen atoms in total. The van der Waals surface area contributed by atoms with Gasteiger partial charge in [-0.3, -0.25) is 0 Å². The SMILES string of the molecule is CCC(C)(C)c1ccc(OP(Oc2cc(C)ccc2C(C)C)Oc2cc(C)ccc2C(C)C)c(Sc2cc(C(C)(C)CC)ccc2OP(Oc2cc(C)ccc2C(C)C)Oc2cc(C)ccc2C(C)C)c1. The molecular formula is C62H80O6P2S. The minimum atomic E-state index is -2.04. The van der Waals surface area contributed by atoms with E-state index in [4.69, 9.17) is 27.1 Å². The number of rotatable bonds is 22. The standard InChI is InChI=1S/C62H80O6P2S/c1-19-61(15,16)47-25-31-53(63-69(65-55-33-43(11)21-27-49(55)39(3)4)66-56-34-44(12)22-28-50(56)40(5)6)59(37-47)71-60-38-48(62(17,18)20-2)26-32-54(60)64-70(67-57-35-45(13)23-29-51(57)41(7)8)68-58-36-46(14)24-30-52(58)42(9)10/h21-42H,19-20H2,1-18H3. The molecule has 6 rings (SSSR count). The molecule has 0 aliphatic rings. The van der Waals surface area contributed by atoms with Crippen LogP contribution in [0.1, 0.15) is 189 Å². The topological polar surface area (TPSA) is 55.4 Å². The summed E-state index contributed by atoms with van der Waals surface area (Å²) in [4.78, 5) is 1.82. The first-order valence-electron chi connectivity index (χ1n) is 25.6. The molecule has 6 aromatic rings. The van der Waals surface area contributed by atoms with Gasteiger partial charge >= 0.3 is 17.2 Å². The Morgan fingerprint density at radius 2 is 0.620 bits per heavy atom. The van der Waals surface area contributed by atoms with Crippen molar-refractivity contribution in [2.24, 2.45) is 0 Å². The third-order valence-electron chi connectivity index (χ3n) is 13.6. The van der Waals surface area contributed by atoms with Crippen molar-refractivity contribution in [3.63, 3.8) is 0 Å². The van der Waals surface area contributed by atoms with E-state index in [1.54, 1.807) is 11.8 Å². The second-order valence-corrected chi connectivity index (χ2v) is 24.8. The molecule has 71 heavy (non-hydrogen) atoms. The Labute approximate surface area is 435 Å². The summed E-state index contributed by atoms with van der Waals surface area (Å²) in [5, 5.41) is 0. The third kappa shape index (κ3) is 14.3. The molecule has 0 aliphatic carbocycles. The van der Waals surface area contributed by atoms with Gasteiger partial charge in [-0.2, -0.15) is 0 Å². The average molecular weight is 1020 g/mol. The van der Waals surface area contributed by atoms with Crippen LogP contribution in [0.4, 0.5) is 0 Å². The van der Waals surface area contributed by atoms with Crippen molar-refractivity contribution in [1.82, 2.24) is 0 Å². The average Bonchev–Trinajstić information content (AvgIpc) is 3.29. The van der Waals surface area contributed by atoms with Crippen LogP contribution in [-0.2, 0) is 10.8 Å². The number of hydrogen-bond donors (Lipinski definition) is 0. The van der Waals surface area contributed by atoms with Crippen LogP contribution < -0.4 is 27.1 Å². The Hall–Kier alpha value is -4.67. The molecule has 0 atom stereocenters. The van der Waals surface area contributed by atoms with Crippen molar-refractivity contribution in [2.75, 3.05) is 0 Å². The highest BCUT2D eigenvalue weighted by Crippen LogP contribution is 2.53. The van der Waals surface area contributed by atoms with Crippen LogP contribution in [0.2, 0.25) is 0 Å². The van der Waals surface area contributed by atoms with E-state index in [1.807, 2.05) is 0 Å². The molecule has 0 fully saturated rings. The first-order valence-corrected chi connectivity index (χ1v) is 28.6. The molecule has 0 amide bonds. The fourth-order valence-corrected chi connectivity index (χ4v) is 11.4. The van der Waals surface area contributed by atoms with Crippen LogP contribution in [0.3, 0.4) is 0 Å². The van der Waals surface area contributed by atoms with Crippen LogP contribution >= 0.6 is 29.0 Å².